The van der Waals surface area contributed by atoms with Crippen molar-refractivity contribution in [3.8, 4) is 5.75 Å². The van der Waals surface area contributed by atoms with Crippen molar-refractivity contribution in [2.45, 2.75) is 10.8 Å². The molecular formula is C21H18BrN3O2S. The molecule has 3 aromatic rings. The van der Waals surface area contributed by atoms with E-state index in [1.807, 2.05) is 42.5 Å². The molecule has 1 N–H and O–H groups in total. The number of halogens is 1. The second-order valence-corrected chi connectivity index (χ2v) is 7.65. The predicted molar refractivity (Wildman–Crippen MR) is 116 cm³/mol. The number of aromatic nitrogens is 1. The number of methoxy groups -OCH3 is 1. The second-order valence-electron chi connectivity index (χ2n) is 5.74. The third-order valence-corrected chi connectivity index (χ3v) is 5.27. The lowest BCUT2D eigenvalue weighted by molar-refractivity contribution is 0.0955. The quantitative estimate of drug-likeness (QED) is 0.312. The van der Waals surface area contributed by atoms with Gasteiger partial charge in [0.2, 0.25) is 0 Å². The standard InChI is InChI=1S/C21H18BrN3O2S/c1-27-19-9-8-15(11-17(19)14-28-20-7-2-3-10-23-20)13-24-25-21(26)16-5-4-6-18(22)12-16/h2-13H,14H2,1H3,(H,25,26)/b24-13-. The number of carbonyl (C=O) groups excluding carboxylic acids is 1. The molecule has 1 amide bonds. The summed E-state index contributed by atoms with van der Waals surface area (Å²) in [4.78, 5) is 16.5. The molecule has 0 atom stereocenters. The van der Waals surface area contributed by atoms with Crippen molar-refractivity contribution in [1.82, 2.24) is 10.4 Å². The van der Waals surface area contributed by atoms with Crippen molar-refractivity contribution in [2.24, 2.45) is 5.10 Å². The Hall–Kier alpha value is -2.64. The van der Waals surface area contributed by atoms with Crippen LogP contribution in [0.1, 0.15) is 21.5 Å². The highest BCUT2D eigenvalue weighted by Crippen LogP contribution is 2.27. The molecule has 142 valence electrons. The largest absolute Gasteiger partial charge is 0.496 e. The van der Waals surface area contributed by atoms with Crippen LogP contribution in [0.5, 0.6) is 5.75 Å². The molecule has 0 aliphatic rings. The van der Waals surface area contributed by atoms with Gasteiger partial charge in [-0.1, -0.05) is 28.1 Å². The summed E-state index contributed by atoms with van der Waals surface area (Å²) in [5.74, 6) is 1.25. The van der Waals surface area contributed by atoms with Gasteiger partial charge >= 0.3 is 0 Å². The number of pyridine rings is 1. The van der Waals surface area contributed by atoms with Crippen molar-refractivity contribution in [2.75, 3.05) is 7.11 Å². The van der Waals surface area contributed by atoms with Gasteiger partial charge in [0.1, 0.15) is 5.75 Å². The molecule has 0 aliphatic heterocycles. The molecule has 0 aliphatic carbocycles. The van der Waals surface area contributed by atoms with Gasteiger partial charge in [0.05, 0.1) is 18.4 Å². The maximum Gasteiger partial charge on any atom is 0.271 e. The van der Waals surface area contributed by atoms with Gasteiger partial charge in [0, 0.05) is 27.5 Å². The minimum atomic E-state index is -0.267. The number of ether oxygens (including phenoxy) is 1. The Balaban J connectivity index is 1.66. The van der Waals surface area contributed by atoms with Gasteiger partial charge < -0.3 is 4.74 Å². The molecule has 0 spiro atoms. The molecule has 3 rings (SSSR count). The van der Waals surface area contributed by atoms with E-state index < -0.39 is 0 Å². The van der Waals surface area contributed by atoms with Gasteiger partial charge in [-0.15, -0.1) is 11.8 Å². The van der Waals surface area contributed by atoms with E-state index in [0.29, 0.717) is 11.3 Å². The summed E-state index contributed by atoms with van der Waals surface area (Å²) in [6.45, 7) is 0. The van der Waals surface area contributed by atoms with E-state index in [-0.39, 0.29) is 5.91 Å². The minimum Gasteiger partial charge on any atom is -0.496 e. The van der Waals surface area contributed by atoms with Crippen LogP contribution in [0.25, 0.3) is 0 Å². The SMILES string of the molecule is COc1ccc(/C=N\NC(=O)c2cccc(Br)c2)cc1CSc1ccccn1. The molecule has 0 radical (unpaired) electrons. The van der Waals surface area contributed by atoms with Crippen molar-refractivity contribution in [1.29, 1.82) is 0 Å². The lowest BCUT2D eigenvalue weighted by Crippen LogP contribution is -2.17. The summed E-state index contributed by atoms with van der Waals surface area (Å²) in [6, 6.07) is 18.7. The molecule has 0 bridgehead atoms. The Morgan fingerprint density at radius 2 is 2.11 bits per heavy atom. The fraction of sp³-hybridized carbons (Fsp3) is 0.0952. The van der Waals surface area contributed by atoms with Gasteiger partial charge in [-0.25, -0.2) is 10.4 Å². The summed E-state index contributed by atoms with van der Waals surface area (Å²) in [5, 5.41) is 5.01. The number of nitrogens with zero attached hydrogens (tertiary/aromatic N) is 2. The molecule has 2 aromatic carbocycles. The fourth-order valence-electron chi connectivity index (χ4n) is 2.44. The van der Waals surface area contributed by atoms with Crippen molar-refractivity contribution >= 4 is 39.8 Å². The summed E-state index contributed by atoms with van der Waals surface area (Å²) in [5.41, 5.74) is 4.98. The zero-order valence-corrected chi connectivity index (χ0v) is 17.5. The molecule has 0 saturated heterocycles. The zero-order valence-electron chi connectivity index (χ0n) is 15.1. The van der Waals surface area contributed by atoms with Crippen LogP contribution in [0.2, 0.25) is 0 Å². The molecule has 0 fully saturated rings. The van der Waals surface area contributed by atoms with Gasteiger partial charge in [0.15, 0.2) is 0 Å². The van der Waals surface area contributed by atoms with Gasteiger partial charge in [-0.3, -0.25) is 4.79 Å². The number of hydrazone groups is 1. The van der Waals surface area contributed by atoms with E-state index >= 15 is 0 Å². The third kappa shape index (κ3) is 5.68. The van der Waals surface area contributed by atoms with Crippen LogP contribution in [-0.2, 0) is 5.75 Å². The summed E-state index contributed by atoms with van der Waals surface area (Å²) in [6.07, 6.45) is 3.39. The van der Waals surface area contributed by atoms with Crippen LogP contribution in [-0.4, -0.2) is 24.2 Å². The van der Waals surface area contributed by atoms with Gasteiger partial charge in [-0.2, -0.15) is 5.10 Å². The first-order chi connectivity index (χ1) is 13.7. The summed E-state index contributed by atoms with van der Waals surface area (Å²) < 4.78 is 6.29. The maximum atomic E-state index is 12.1. The normalized spacial score (nSPS) is 10.8. The Bertz CT molecular complexity index is 980. The predicted octanol–water partition coefficient (Wildman–Crippen LogP) is 4.91. The van der Waals surface area contributed by atoms with Crippen molar-refractivity contribution in [3.05, 3.63) is 88.0 Å². The molecular weight excluding hydrogens is 438 g/mol. The number of benzene rings is 2. The van der Waals surface area contributed by atoms with E-state index in [2.05, 4.69) is 31.4 Å². The third-order valence-electron chi connectivity index (χ3n) is 3.78. The lowest BCUT2D eigenvalue weighted by Gasteiger charge is -2.09. The monoisotopic (exact) mass is 455 g/mol. The number of hydrogen-bond donors (Lipinski definition) is 1. The molecule has 1 heterocycles. The number of rotatable bonds is 7. The Labute approximate surface area is 176 Å². The molecule has 5 nitrogen and oxygen atoms in total. The first-order valence-electron chi connectivity index (χ1n) is 8.45. The Kier molecular flexibility index (Phi) is 7.22. The first-order valence-corrected chi connectivity index (χ1v) is 10.2. The number of hydrogen-bond acceptors (Lipinski definition) is 5. The highest BCUT2D eigenvalue weighted by atomic mass is 79.9. The molecule has 0 unspecified atom stereocenters. The molecule has 1 aromatic heterocycles. The summed E-state index contributed by atoms with van der Waals surface area (Å²) >= 11 is 4.98. The van der Waals surface area contributed by atoms with Gasteiger partial charge in [0.25, 0.3) is 5.91 Å². The number of nitrogens with one attached hydrogen (secondary N) is 1. The molecule has 0 saturated carbocycles. The van der Waals surface area contributed by atoms with E-state index in [4.69, 9.17) is 4.74 Å². The summed E-state index contributed by atoms with van der Waals surface area (Å²) in [7, 11) is 1.65. The van der Waals surface area contributed by atoms with Crippen LogP contribution in [0.3, 0.4) is 0 Å². The first kappa shape index (κ1) is 20.1. The van der Waals surface area contributed by atoms with E-state index in [1.54, 1.807) is 49.5 Å². The lowest BCUT2D eigenvalue weighted by atomic mass is 10.1. The Morgan fingerprint density at radius 1 is 1.21 bits per heavy atom. The van der Waals surface area contributed by atoms with E-state index in [0.717, 1.165) is 26.4 Å². The van der Waals surface area contributed by atoms with Crippen molar-refractivity contribution < 1.29 is 9.53 Å². The topological polar surface area (TPSA) is 63.6 Å². The zero-order chi connectivity index (χ0) is 19.8. The highest BCUT2D eigenvalue weighted by molar-refractivity contribution is 9.10. The van der Waals surface area contributed by atoms with E-state index in [1.165, 1.54) is 0 Å². The number of carbonyl (C=O) groups is 1. The van der Waals surface area contributed by atoms with Crippen LogP contribution in [0.4, 0.5) is 0 Å². The number of thioether (sulfide) groups is 1. The Morgan fingerprint density at radius 3 is 2.86 bits per heavy atom. The number of amides is 1. The fourth-order valence-corrected chi connectivity index (χ4v) is 3.67. The smallest absolute Gasteiger partial charge is 0.271 e. The van der Waals surface area contributed by atoms with Crippen LogP contribution in [0, 0.1) is 0 Å². The maximum absolute atomic E-state index is 12.1. The van der Waals surface area contributed by atoms with Gasteiger partial charge in [-0.05, 0) is 54.1 Å². The van der Waals surface area contributed by atoms with Crippen LogP contribution < -0.4 is 10.2 Å². The minimum absolute atomic E-state index is 0.267. The average molecular weight is 456 g/mol. The highest BCUT2D eigenvalue weighted by Gasteiger charge is 2.07. The second kappa shape index (κ2) is 10.1. The molecule has 7 heteroatoms. The van der Waals surface area contributed by atoms with E-state index in [9.17, 15) is 4.79 Å². The van der Waals surface area contributed by atoms with Crippen LogP contribution >= 0.6 is 27.7 Å². The molecule has 28 heavy (non-hydrogen) atoms. The van der Waals surface area contributed by atoms with Crippen LogP contribution in [0.15, 0.2) is 81.5 Å². The van der Waals surface area contributed by atoms with Crippen molar-refractivity contribution in [3.63, 3.8) is 0 Å². The average Bonchev–Trinajstić information content (AvgIpc) is 2.73.